The Kier molecular flexibility index (Phi) is 12.8. The largest absolute Gasteiger partial charge is 0.458 e. The van der Waals surface area contributed by atoms with E-state index < -0.39 is 63.4 Å². The minimum Gasteiger partial charge on any atom is -0.458 e. The monoisotopic (exact) mass is 656 g/mol. The van der Waals surface area contributed by atoms with Gasteiger partial charge in [-0.05, 0) is 91.9 Å². The first kappa shape index (κ1) is 41.8. The van der Waals surface area contributed by atoms with Gasteiger partial charge in [-0.3, -0.25) is 14.4 Å². The highest BCUT2D eigenvalue weighted by Gasteiger charge is 2.68. The van der Waals surface area contributed by atoms with Crippen LogP contribution < -0.4 is 0 Å². The van der Waals surface area contributed by atoms with Crippen molar-refractivity contribution in [2.24, 2.45) is 22.2 Å². The predicted octanol–water partition coefficient (Wildman–Crippen LogP) is 7.07. The summed E-state index contributed by atoms with van der Waals surface area (Å²) in [5.41, 5.74) is -5.87. The van der Waals surface area contributed by atoms with Crippen LogP contribution in [-0.4, -0.2) is 64.8 Å². The van der Waals surface area contributed by atoms with E-state index in [1.807, 2.05) is 6.92 Å². The first-order chi connectivity index (χ1) is 19.4. The van der Waals surface area contributed by atoms with Gasteiger partial charge >= 0.3 is 23.9 Å². The summed E-state index contributed by atoms with van der Waals surface area (Å²) in [6.45, 7) is 11.1. The summed E-state index contributed by atoms with van der Waals surface area (Å²) in [6.07, 6.45) is 4.42. The van der Waals surface area contributed by atoms with Gasteiger partial charge < -0.3 is 28.8 Å². The first-order valence-corrected chi connectivity index (χ1v) is 15.6. The molecule has 4 saturated carbocycles. The van der Waals surface area contributed by atoms with Gasteiger partial charge in [0.15, 0.2) is 0 Å². The second-order valence-corrected chi connectivity index (χ2v) is 15.5. The van der Waals surface area contributed by atoms with Gasteiger partial charge in [0.05, 0.1) is 28.5 Å². The van der Waals surface area contributed by atoms with Gasteiger partial charge in [0, 0.05) is 25.7 Å². The Morgan fingerprint density at radius 3 is 2.13 bits per heavy atom. The number of esters is 4. The molecule has 0 aromatic heterocycles. The molecule has 2 heterocycles. The fraction of sp³-hybridized carbons (Fsp3) is 0.889. The highest BCUT2D eigenvalue weighted by Crippen LogP contribution is 2.65. The minimum absolute atomic E-state index is 0. The molecule has 0 radical (unpaired) electrons. The fourth-order valence-corrected chi connectivity index (χ4v) is 8.69. The Bertz CT molecular complexity index is 1130. The fourth-order valence-electron chi connectivity index (χ4n) is 8.69. The van der Waals surface area contributed by atoms with Gasteiger partial charge in [0.25, 0.3) is 0 Å². The average Bonchev–Trinajstić information content (AvgIpc) is 3.13. The van der Waals surface area contributed by atoms with E-state index in [4.69, 9.17) is 23.7 Å². The molecular formula is C36H64O10. The second-order valence-electron chi connectivity index (χ2n) is 15.5. The number of cyclic esters (lactones) is 1. The molecule has 4 bridgehead atoms. The van der Waals surface area contributed by atoms with E-state index in [9.17, 15) is 24.3 Å². The molecule has 1 N–H and O–H groups in total. The molecule has 46 heavy (non-hydrogen) atoms. The minimum atomic E-state index is -1.11. The Labute approximate surface area is 278 Å². The maximum atomic E-state index is 14.0. The number of carbonyl (C=O) groups is 4. The van der Waals surface area contributed by atoms with Crippen molar-refractivity contribution in [3.8, 4) is 0 Å². The van der Waals surface area contributed by atoms with Crippen LogP contribution in [0.3, 0.4) is 0 Å². The predicted molar refractivity (Wildman–Crippen MR) is 175 cm³/mol. The highest BCUT2D eigenvalue weighted by atomic mass is 16.7. The Hall–Kier alpha value is -2.20. The van der Waals surface area contributed by atoms with E-state index in [1.54, 1.807) is 34.6 Å². The highest BCUT2D eigenvalue weighted by molar-refractivity contribution is 5.85. The van der Waals surface area contributed by atoms with Crippen molar-refractivity contribution in [3.05, 3.63) is 0 Å². The van der Waals surface area contributed by atoms with E-state index >= 15 is 0 Å². The van der Waals surface area contributed by atoms with E-state index in [-0.39, 0.29) is 60.9 Å². The van der Waals surface area contributed by atoms with Gasteiger partial charge in [0.1, 0.15) is 11.2 Å². The molecule has 7 atom stereocenters. The summed E-state index contributed by atoms with van der Waals surface area (Å²) in [4.78, 5) is 53.1. The van der Waals surface area contributed by atoms with E-state index in [0.717, 1.165) is 12.8 Å². The maximum absolute atomic E-state index is 14.0. The number of carbonyl (C=O) groups excluding carboxylic acids is 4. The topological polar surface area (TPSA) is 135 Å². The molecule has 0 aromatic rings. The first-order valence-electron chi connectivity index (χ1n) is 15.6. The molecule has 268 valence electrons. The quantitative estimate of drug-likeness (QED) is 0.203. The van der Waals surface area contributed by atoms with Crippen LogP contribution in [0.15, 0.2) is 0 Å². The zero-order valence-corrected chi connectivity index (χ0v) is 26.0. The lowest BCUT2D eigenvalue weighted by molar-refractivity contribution is -0.259. The van der Waals surface area contributed by atoms with Crippen LogP contribution in [0.5, 0.6) is 0 Å². The Morgan fingerprint density at radius 1 is 0.913 bits per heavy atom. The number of hydrogen-bond acceptors (Lipinski definition) is 10. The lowest BCUT2D eigenvalue weighted by Crippen LogP contribution is -2.67. The number of hydrogen-bond donors (Lipinski definition) is 1. The number of ether oxygens (including phenoxy) is 5. The molecule has 2 saturated heterocycles. The molecular weight excluding hydrogens is 592 g/mol. The van der Waals surface area contributed by atoms with Gasteiger partial charge in [-0.15, -0.1) is 0 Å². The summed E-state index contributed by atoms with van der Waals surface area (Å²) >= 11 is 0. The lowest BCUT2D eigenvalue weighted by atomic mass is 9.46. The van der Waals surface area contributed by atoms with Crippen LogP contribution in [0.1, 0.15) is 148 Å². The van der Waals surface area contributed by atoms with Crippen molar-refractivity contribution in [2.75, 3.05) is 6.61 Å². The summed E-state index contributed by atoms with van der Waals surface area (Å²) in [5, 5.41) is 11.6. The maximum Gasteiger partial charge on any atom is 0.348 e. The summed E-state index contributed by atoms with van der Waals surface area (Å²) in [7, 11) is 0. The third kappa shape index (κ3) is 8.08. The zero-order valence-electron chi connectivity index (χ0n) is 26.0. The van der Waals surface area contributed by atoms with Crippen LogP contribution >= 0.6 is 0 Å². The van der Waals surface area contributed by atoms with Crippen molar-refractivity contribution < 1.29 is 48.0 Å². The van der Waals surface area contributed by atoms with Crippen molar-refractivity contribution in [1.82, 2.24) is 0 Å². The SMILES string of the molecule is C.C.C.C.CCC(C)(CC(C)(C)C(=O)OC1CC(C)(C)OC1=O)C(=O)OC12CC3CC(O)(C1)CC(C(=O)OC1CCCCO1)(C3)C2. The molecule has 6 aliphatic rings. The van der Waals surface area contributed by atoms with Crippen molar-refractivity contribution >= 4 is 23.9 Å². The molecule has 0 amide bonds. The zero-order chi connectivity index (χ0) is 30.8. The van der Waals surface area contributed by atoms with Gasteiger partial charge in [-0.25, -0.2) is 4.79 Å². The summed E-state index contributed by atoms with van der Waals surface area (Å²) in [6, 6.07) is 0. The van der Waals surface area contributed by atoms with Crippen LogP contribution in [0, 0.1) is 22.2 Å². The van der Waals surface area contributed by atoms with Crippen LogP contribution in [0.25, 0.3) is 0 Å². The second kappa shape index (κ2) is 14.1. The standard InChI is InChI=1S/C32H48O10.4CH4/c1-7-29(6,16-27(2,3)24(34)39-21-15-28(4,5)41-23(21)33)25(35)42-32-14-20-12-30(18-32,17-31(37,13-20)19-32)26(36)40-22-10-8-9-11-38-22;;;;/h20-22,37H,7-19H2,1-6H3;4*1H4. The average molecular weight is 657 g/mol. The summed E-state index contributed by atoms with van der Waals surface area (Å²) < 4.78 is 28.7. The molecule has 6 fully saturated rings. The van der Waals surface area contributed by atoms with Crippen LogP contribution in [0.2, 0.25) is 0 Å². The third-order valence-corrected chi connectivity index (χ3v) is 10.3. The van der Waals surface area contributed by atoms with Crippen molar-refractivity contribution in [3.63, 3.8) is 0 Å². The Balaban J connectivity index is 0.00000264. The van der Waals surface area contributed by atoms with Gasteiger partial charge in [-0.2, -0.15) is 0 Å². The van der Waals surface area contributed by atoms with Crippen LogP contribution in [0.4, 0.5) is 0 Å². The molecule has 0 spiro atoms. The molecule has 10 heteroatoms. The van der Waals surface area contributed by atoms with Gasteiger partial charge in [-0.1, -0.05) is 36.6 Å². The lowest BCUT2D eigenvalue weighted by Gasteiger charge is -2.63. The van der Waals surface area contributed by atoms with E-state index in [2.05, 4.69) is 0 Å². The molecule has 2 aliphatic heterocycles. The molecule has 6 rings (SSSR count). The molecule has 10 nitrogen and oxygen atoms in total. The molecule has 0 aromatic carbocycles. The number of aliphatic hydroxyl groups is 1. The van der Waals surface area contributed by atoms with Crippen molar-refractivity contribution in [2.45, 2.75) is 177 Å². The van der Waals surface area contributed by atoms with E-state index in [1.165, 1.54) is 0 Å². The molecule has 7 unspecified atom stereocenters. The Morgan fingerprint density at radius 2 is 1.59 bits per heavy atom. The number of rotatable bonds is 9. The van der Waals surface area contributed by atoms with Crippen LogP contribution in [-0.2, 0) is 42.9 Å². The molecule has 4 aliphatic carbocycles. The smallest absolute Gasteiger partial charge is 0.348 e. The van der Waals surface area contributed by atoms with Crippen molar-refractivity contribution in [1.29, 1.82) is 0 Å². The third-order valence-electron chi connectivity index (χ3n) is 10.3. The van der Waals surface area contributed by atoms with Gasteiger partial charge in [0.2, 0.25) is 12.4 Å². The van der Waals surface area contributed by atoms with E-state index in [0.29, 0.717) is 51.6 Å². The summed E-state index contributed by atoms with van der Waals surface area (Å²) in [5.74, 6) is -1.94. The normalized spacial score (nSPS) is 35.0.